The molecule has 0 aromatic heterocycles. The highest BCUT2D eigenvalue weighted by atomic mass is 16.6. The zero-order valence-electron chi connectivity index (χ0n) is 12.3. The average Bonchev–Trinajstić information content (AvgIpc) is 2.35. The van der Waals surface area contributed by atoms with Crippen LogP contribution in [0.5, 0.6) is 0 Å². The van der Waals surface area contributed by atoms with E-state index in [1.807, 2.05) is 0 Å². The summed E-state index contributed by atoms with van der Waals surface area (Å²) in [6.45, 7) is 6.92. The molecule has 6 nitrogen and oxygen atoms in total. The van der Waals surface area contributed by atoms with Crippen molar-refractivity contribution >= 4 is 17.3 Å². The molecule has 2 N–H and O–H groups in total. The zero-order valence-corrected chi connectivity index (χ0v) is 12.3. The van der Waals surface area contributed by atoms with Gasteiger partial charge in [-0.1, -0.05) is 20.8 Å². The summed E-state index contributed by atoms with van der Waals surface area (Å²) in [5, 5.41) is 16.5. The first-order valence-corrected chi connectivity index (χ1v) is 6.49. The summed E-state index contributed by atoms with van der Waals surface area (Å²) >= 11 is 0. The van der Waals surface area contributed by atoms with Crippen LogP contribution in [0.15, 0.2) is 18.2 Å². The number of nitrogens with one attached hydrogen (secondary N) is 2. The summed E-state index contributed by atoms with van der Waals surface area (Å²) in [5.41, 5.74) is 0.892. The minimum absolute atomic E-state index is 0.0217. The molecule has 0 heterocycles. The third kappa shape index (κ3) is 4.53. The summed E-state index contributed by atoms with van der Waals surface area (Å²) in [6, 6.07) is 4.32. The van der Waals surface area contributed by atoms with Gasteiger partial charge in [-0.2, -0.15) is 0 Å². The van der Waals surface area contributed by atoms with E-state index in [9.17, 15) is 14.9 Å². The van der Waals surface area contributed by atoms with E-state index in [0.29, 0.717) is 17.8 Å². The third-order valence-corrected chi connectivity index (χ3v) is 2.87. The number of nitro groups is 1. The second-order valence-corrected chi connectivity index (χ2v) is 5.81. The second-order valence-electron chi connectivity index (χ2n) is 5.81. The Morgan fingerprint density at radius 1 is 1.35 bits per heavy atom. The number of benzene rings is 1. The Bertz CT molecular complexity index is 507. The fourth-order valence-electron chi connectivity index (χ4n) is 1.69. The van der Waals surface area contributed by atoms with Gasteiger partial charge in [-0.3, -0.25) is 14.9 Å². The van der Waals surface area contributed by atoms with Crippen LogP contribution in [0.2, 0.25) is 0 Å². The number of carbonyl (C=O) groups is 1. The van der Waals surface area contributed by atoms with Crippen LogP contribution in [-0.2, 0) is 0 Å². The molecule has 1 amide bonds. The molecule has 0 saturated heterocycles. The van der Waals surface area contributed by atoms with Crippen molar-refractivity contribution in [2.75, 3.05) is 18.9 Å². The van der Waals surface area contributed by atoms with Crippen molar-refractivity contribution < 1.29 is 9.72 Å². The third-order valence-electron chi connectivity index (χ3n) is 2.87. The van der Waals surface area contributed by atoms with Crippen LogP contribution < -0.4 is 10.6 Å². The largest absolute Gasteiger partial charge is 0.379 e. The van der Waals surface area contributed by atoms with Crippen molar-refractivity contribution in [3.05, 3.63) is 33.9 Å². The topological polar surface area (TPSA) is 84.3 Å². The monoisotopic (exact) mass is 279 g/mol. The maximum absolute atomic E-state index is 11.6. The molecule has 1 aromatic rings. The Balaban J connectivity index is 2.94. The maximum atomic E-state index is 11.6. The zero-order chi connectivity index (χ0) is 15.3. The van der Waals surface area contributed by atoms with Crippen molar-refractivity contribution in [3.63, 3.8) is 0 Å². The van der Waals surface area contributed by atoms with E-state index in [2.05, 4.69) is 31.4 Å². The molecule has 0 aliphatic rings. The lowest BCUT2D eigenvalue weighted by atomic mass is 9.92. The van der Waals surface area contributed by atoms with Crippen molar-refractivity contribution in [1.82, 2.24) is 5.32 Å². The van der Waals surface area contributed by atoms with E-state index in [0.717, 1.165) is 6.42 Å². The Morgan fingerprint density at radius 2 is 2.00 bits per heavy atom. The summed E-state index contributed by atoms with van der Waals surface area (Å²) < 4.78 is 0. The molecule has 6 heteroatoms. The molecule has 0 saturated carbocycles. The standard InChI is InChI=1S/C14H21N3O3/c1-14(2,3)7-8-16-11-9-10(13(18)15-4)5-6-12(11)17(19)20/h5-6,9,16H,7-8H2,1-4H3,(H,15,18). The van der Waals surface area contributed by atoms with Crippen molar-refractivity contribution in [3.8, 4) is 0 Å². The average molecular weight is 279 g/mol. The van der Waals surface area contributed by atoms with E-state index in [4.69, 9.17) is 0 Å². The van der Waals surface area contributed by atoms with E-state index in [1.165, 1.54) is 25.2 Å². The minimum Gasteiger partial charge on any atom is -0.379 e. The number of carbonyl (C=O) groups excluding carboxylic acids is 1. The van der Waals surface area contributed by atoms with Gasteiger partial charge in [0.05, 0.1) is 4.92 Å². The number of nitro benzene ring substituents is 1. The first-order chi connectivity index (χ1) is 9.24. The van der Waals surface area contributed by atoms with E-state index in [1.54, 1.807) is 0 Å². The van der Waals surface area contributed by atoms with Crippen LogP contribution in [0.3, 0.4) is 0 Å². The number of nitrogens with zero attached hydrogens (tertiary/aromatic N) is 1. The Labute approximate surface area is 118 Å². The van der Waals surface area contributed by atoms with Gasteiger partial charge in [0.15, 0.2) is 0 Å². The molecule has 1 aromatic carbocycles. The summed E-state index contributed by atoms with van der Waals surface area (Å²) in [7, 11) is 1.52. The molecule has 0 fully saturated rings. The Kier molecular flexibility index (Phi) is 5.07. The predicted octanol–water partition coefficient (Wildman–Crippen LogP) is 2.80. The van der Waals surface area contributed by atoms with Crippen LogP contribution >= 0.6 is 0 Å². The van der Waals surface area contributed by atoms with E-state index >= 15 is 0 Å². The van der Waals surface area contributed by atoms with Gasteiger partial charge in [0.1, 0.15) is 5.69 Å². The molecule has 1 rings (SSSR count). The SMILES string of the molecule is CNC(=O)c1ccc([N+](=O)[O-])c(NCCC(C)(C)C)c1. The summed E-state index contributed by atoms with van der Waals surface area (Å²) in [5.74, 6) is -0.265. The van der Waals surface area contributed by atoms with Crippen LogP contribution in [-0.4, -0.2) is 24.4 Å². The molecular weight excluding hydrogens is 258 g/mol. The van der Waals surface area contributed by atoms with Crippen molar-refractivity contribution in [2.24, 2.45) is 5.41 Å². The summed E-state index contributed by atoms with van der Waals surface area (Å²) in [6.07, 6.45) is 0.869. The highest BCUT2D eigenvalue weighted by Crippen LogP contribution is 2.26. The van der Waals surface area contributed by atoms with Crippen LogP contribution in [0.25, 0.3) is 0 Å². The lowest BCUT2D eigenvalue weighted by molar-refractivity contribution is -0.384. The molecule has 0 spiro atoms. The van der Waals surface area contributed by atoms with E-state index in [-0.39, 0.29) is 17.0 Å². The molecule has 0 bridgehead atoms. The molecule has 110 valence electrons. The van der Waals surface area contributed by atoms with E-state index < -0.39 is 4.92 Å². The van der Waals surface area contributed by atoms with Gasteiger partial charge in [0.2, 0.25) is 0 Å². The highest BCUT2D eigenvalue weighted by molar-refractivity contribution is 5.95. The predicted molar refractivity (Wildman–Crippen MR) is 79.0 cm³/mol. The number of anilines is 1. The van der Waals surface area contributed by atoms with Gasteiger partial charge in [-0.05, 0) is 24.0 Å². The first kappa shape index (κ1) is 15.9. The molecule has 0 atom stereocenters. The number of hydrogen-bond donors (Lipinski definition) is 2. The van der Waals surface area contributed by atoms with Crippen molar-refractivity contribution in [2.45, 2.75) is 27.2 Å². The maximum Gasteiger partial charge on any atom is 0.292 e. The fraction of sp³-hybridized carbons (Fsp3) is 0.500. The first-order valence-electron chi connectivity index (χ1n) is 6.49. The lowest BCUT2D eigenvalue weighted by Gasteiger charge is -2.18. The molecule has 20 heavy (non-hydrogen) atoms. The van der Waals surface area contributed by atoms with Gasteiger partial charge in [-0.25, -0.2) is 0 Å². The Morgan fingerprint density at radius 3 is 2.50 bits per heavy atom. The quantitative estimate of drug-likeness (QED) is 0.641. The fourth-order valence-corrected chi connectivity index (χ4v) is 1.69. The minimum atomic E-state index is -0.451. The van der Waals surface area contributed by atoms with Crippen LogP contribution in [0, 0.1) is 15.5 Å². The van der Waals surface area contributed by atoms with Gasteiger partial charge in [-0.15, -0.1) is 0 Å². The number of hydrogen-bond acceptors (Lipinski definition) is 4. The van der Waals surface area contributed by atoms with Gasteiger partial charge < -0.3 is 10.6 Å². The molecular formula is C14H21N3O3. The highest BCUT2D eigenvalue weighted by Gasteiger charge is 2.17. The smallest absolute Gasteiger partial charge is 0.292 e. The summed E-state index contributed by atoms with van der Waals surface area (Å²) in [4.78, 5) is 22.1. The van der Waals surface area contributed by atoms with Crippen LogP contribution in [0.4, 0.5) is 11.4 Å². The molecule has 0 unspecified atom stereocenters. The van der Waals surface area contributed by atoms with Crippen molar-refractivity contribution in [1.29, 1.82) is 0 Å². The normalized spacial score (nSPS) is 11.0. The molecule has 0 radical (unpaired) electrons. The van der Waals surface area contributed by atoms with Gasteiger partial charge in [0.25, 0.3) is 11.6 Å². The molecule has 0 aliphatic heterocycles. The number of amides is 1. The van der Waals surface area contributed by atoms with Gasteiger partial charge >= 0.3 is 0 Å². The Hall–Kier alpha value is -2.11. The molecule has 0 aliphatic carbocycles. The lowest BCUT2D eigenvalue weighted by Crippen LogP contribution is -2.18. The van der Waals surface area contributed by atoms with Gasteiger partial charge in [0, 0.05) is 25.2 Å². The second kappa shape index (κ2) is 6.36. The van der Waals surface area contributed by atoms with Crippen LogP contribution in [0.1, 0.15) is 37.6 Å². The number of rotatable bonds is 5.